The molecule has 0 saturated heterocycles. The number of ether oxygens (including phenoxy) is 1. The van der Waals surface area contributed by atoms with E-state index < -0.39 is 11.9 Å². The molecule has 0 aliphatic carbocycles. The maximum Gasteiger partial charge on any atom is 0.234 e. The monoisotopic (exact) mass is 172 g/mol. The Bertz CT molecular complexity index is 176. The summed E-state index contributed by atoms with van der Waals surface area (Å²) in [6, 6.07) is 1.28. The lowest BCUT2D eigenvalue weighted by Crippen LogP contribution is -2.40. The number of hydrogen-bond acceptors (Lipinski definition) is 4. The quantitative estimate of drug-likeness (QED) is 0.558. The predicted molar refractivity (Wildman–Crippen MR) is 41.1 cm³/mol. The van der Waals surface area contributed by atoms with Gasteiger partial charge in [0.1, 0.15) is 6.42 Å². The van der Waals surface area contributed by atoms with Crippen LogP contribution in [0.2, 0.25) is 0 Å². The molecule has 0 rings (SSSR count). The second kappa shape index (κ2) is 6.58. The van der Waals surface area contributed by atoms with Gasteiger partial charge in [-0.2, -0.15) is 5.26 Å². The summed E-state index contributed by atoms with van der Waals surface area (Å²) < 4.78 is 4.72. The van der Waals surface area contributed by atoms with Crippen molar-refractivity contribution in [3.63, 3.8) is 0 Å². The first-order valence-electron chi connectivity index (χ1n) is 3.50. The fourth-order valence-electron chi connectivity index (χ4n) is 0.692. The van der Waals surface area contributed by atoms with Crippen LogP contribution >= 0.6 is 0 Å². The highest BCUT2D eigenvalue weighted by molar-refractivity contribution is 5.78. The lowest BCUT2D eigenvalue weighted by molar-refractivity contribution is -0.121. The molecule has 0 aliphatic heterocycles. The minimum absolute atomic E-state index is 0.189. The summed E-state index contributed by atoms with van der Waals surface area (Å²) in [6.07, 6.45) is -0.194. The number of rotatable bonds is 5. The molecule has 0 heterocycles. The van der Waals surface area contributed by atoms with E-state index in [9.17, 15) is 4.79 Å². The molecule has 0 saturated carbocycles. The number of aliphatic hydroxyl groups excluding tert-OH is 1. The first kappa shape index (κ1) is 10.9. The number of hydrogen-bond donors (Lipinski definition) is 2. The molecular formula is C7H12N2O3. The van der Waals surface area contributed by atoms with Gasteiger partial charge in [0.15, 0.2) is 0 Å². The fourth-order valence-corrected chi connectivity index (χ4v) is 0.692. The smallest absolute Gasteiger partial charge is 0.234 e. The van der Waals surface area contributed by atoms with Crippen molar-refractivity contribution in [2.45, 2.75) is 12.5 Å². The molecular weight excluding hydrogens is 160 g/mol. The van der Waals surface area contributed by atoms with Crippen LogP contribution in [0.15, 0.2) is 0 Å². The predicted octanol–water partition coefficient (Wildman–Crippen LogP) is -0.976. The fraction of sp³-hybridized carbons (Fsp3) is 0.714. The standard InChI is InChI=1S/C7H12N2O3/c1-12-5-6(4-10)9-7(11)2-3-8/h6,10H,2,4-5H2,1H3,(H,9,11). The average Bonchev–Trinajstić information content (AvgIpc) is 2.04. The van der Waals surface area contributed by atoms with Crippen molar-refractivity contribution >= 4 is 5.91 Å². The Labute approximate surface area is 70.9 Å². The summed E-state index contributed by atoms with van der Waals surface area (Å²) in [6.45, 7) is 0.0542. The topological polar surface area (TPSA) is 82.3 Å². The zero-order chi connectivity index (χ0) is 9.40. The Hall–Kier alpha value is -1.12. The maximum atomic E-state index is 10.8. The van der Waals surface area contributed by atoms with E-state index in [0.717, 1.165) is 0 Å². The van der Waals surface area contributed by atoms with Crippen molar-refractivity contribution in [1.82, 2.24) is 5.32 Å². The van der Waals surface area contributed by atoms with E-state index in [0.29, 0.717) is 0 Å². The van der Waals surface area contributed by atoms with Gasteiger partial charge in [-0.1, -0.05) is 0 Å². The minimum atomic E-state index is -0.421. The van der Waals surface area contributed by atoms with Crippen molar-refractivity contribution in [3.8, 4) is 6.07 Å². The number of nitrogens with one attached hydrogen (secondary N) is 1. The highest BCUT2D eigenvalue weighted by atomic mass is 16.5. The minimum Gasteiger partial charge on any atom is -0.394 e. The van der Waals surface area contributed by atoms with Gasteiger partial charge in [0.05, 0.1) is 25.3 Å². The van der Waals surface area contributed by atoms with E-state index in [1.165, 1.54) is 7.11 Å². The molecule has 0 spiro atoms. The van der Waals surface area contributed by atoms with Crippen molar-refractivity contribution in [1.29, 1.82) is 5.26 Å². The first-order valence-corrected chi connectivity index (χ1v) is 3.50. The summed E-state index contributed by atoms with van der Waals surface area (Å²) in [5, 5.41) is 19.3. The van der Waals surface area contributed by atoms with Crippen LogP contribution < -0.4 is 5.32 Å². The third-order valence-corrected chi connectivity index (χ3v) is 1.19. The largest absolute Gasteiger partial charge is 0.394 e. The van der Waals surface area contributed by atoms with Gasteiger partial charge in [0.2, 0.25) is 5.91 Å². The van der Waals surface area contributed by atoms with E-state index in [1.807, 2.05) is 0 Å². The van der Waals surface area contributed by atoms with Gasteiger partial charge in [-0.05, 0) is 0 Å². The SMILES string of the molecule is COCC(CO)NC(=O)CC#N. The highest BCUT2D eigenvalue weighted by Crippen LogP contribution is 1.85. The number of carbonyl (C=O) groups is 1. The van der Waals surface area contributed by atoms with E-state index in [-0.39, 0.29) is 19.6 Å². The van der Waals surface area contributed by atoms with E-state index >= 15 is 0 Å². The molecule has 0 radical (unpaired) electrons. The van der Waals surface area contributed by atoms with Crippen LogP contribution in [0.5, 0.6) is 0 Å². The Morgan fingerprint density at radius 2 is 2.50 bits per heavy atom. The number of methoxy groups -OCH3 is 1. The molecule has 0 aromatic carbocycles. The van der Waals surface area contributed by atoms with E-state index in [2.05, 4.69) is 5.32 Å². The summed E-state index contributed by atoms with van der Waals surface area (Å²) >= 11 is 0. The van der Waals surface area contributed by atoms with Gasteiger partial charge in [0.25, 0.3) is 0 Å². The number of aliphatic hydroxyl groups is 1. The van der Waals surface area contributed by atoms with Crippen LogP contribution in [0.1, 0.15) is 6.42 Å². The van der Waals surface area contributed by atoms with Gasteiger partial charge in [-0.25, -0.2) is 0 Å². The van der Waals surface area contributed by atoms with Gasteiger partial charge < -0.3 is 15.2 Å². The number of nitriles is 1. The number of amides is 1. The molecule has 68 valence electrons. The Balaban J connectivity index is 3.70. The molecule has 1 amide bonds. The van der Waals surface area contributed by atoms with Crippen molar-refractivity contribution < 1.29 is 14.6 Å². The number of nitrogens with zero attached hydrogens (tertiary/aromatic N) is 1. The van der Waals surface area contributed by atoms with Gasteiger partial charge >= 0.3 is 0 Å². The maximum absolute atomic E-state index is 10.8. The van der Waals surface area contributed by atoms with Crippen LogP contribution in [0.3, 0.4) is 0 Å². The molecule has 0 bridgehead atoms. The second-order valence-corrected chi connectivity index (χ2v) is 2.24. The molecule has 5 nitrogen and oxygen atoms in total. The molecule has 0 aliphatic rings. The second-order valence-electron chi connectivity index (χ2n) is 2.24. The summed E-state index contributed by atoms with van der Waals surface area (Å²) in [4.78, 5) is 10.8. The molecule has 5 heteroatoms. The van der Waals surface area contributed by atoms with Crippen molar-refractivity contribution in [2.24, 2.45) is 0 Å². The summed E-state index contributed by atoms with van der Waals surface area (Å²) in [5.74, 6) is -0.395. The number of carbonyl (C=O) groups excluding carboxylic acids is 1. The summed E-state index contributed by atoms with van der Waals surface area (Å²) in [5.41, 5.74) is 0. The molecule has 12 heavy (non-hydrogen) atoms. The lowest BCUT2D eigenvalue weighted by Gasteiger charge is -2.13. The summed E-state index contributed by atoms with van der Waals surface area (Å²) in [7, 11) is 1.47. The zero-order valence-electron chi connectivity index (χ0n) is 6.91. The van der Waals surface area contributed by atoms with Gasteiger partial charge in [0, 0.05) is 7.11 Å². The molecule has 0 fully saturated rings. The van der Waals surface area contributed by atoms with Crippen LogP contribution in [0, 0.1) is 11.3 Å². The Kier molecular flexibility index (Phi) is 5.97. The van der Waals surface area contributed by atoms with Crippen LogP contribution in [-0.2, 0) is 9.53 Å². The first-order chi connectivity index (χ1) is 5.74. The Morgan fingerprint density at radius 3 is 2.92 bits per heavy atom. The highest BCUT2D eigenvalue weighted by Gasteiger charge is 2.09. The zero-order valence-corrected chi connectivity index (χ0v) is 6.91. The molecule has 0 aromatic heterocycles. The van der Waals surface area contributed by atoms with Gasteiger partial charge in [-0.3, -0.25) is 4.79 Å². The Morgan fingerprint density at radius 1 is 1.83 bits per heavy atom. The van der Waals surface area contributed by atoms with Crippen molar-refractivity contribution in [3.05, 3.63) is 0 Å². The van der Waals surface area contributed by atoms with Crippen LogP contribution in [0.4, 0.5) is 0 Å². The normalized spacial score (nSPS) is 11.8. The molecule has 0 aromatic rings. The van der Waals surface area contributed by atoms with Crippen LogP contribution in [-0.4, -0.2) is 37.4 Å². The van der Waals surface area contributed by atoms with Crippen molar-refractivity contribution in [2.75, 3.05) is 20.3 Å². The molecule has 1 atom stereocenters. The van der Waals surface area contributed by atoms with Gasteiger partial charge in [-0.15, -0.1) is 0 Å². The molecule has 2 N–H and O–H groups in total. The lowest BCUT2D eigenvalue weighted by atomic mass is 10.3. The third-order valence-electron chi connectivity index (χ3n) is 1.19. The average molecular weight is 172 g/mol. The van der Waals surface area contributed by atoms with E-state index in [1.54, 1.807) is 6.07 Å². The van der Waals surface area contributed by atoms with E-state index in [4.69, 9.17) is 15.1 Å². The van der Waals surface area contributed by atoms with Crippen LogP contribution in [0.25, 0.3) is 0 Å². The third kappa shape index (κ3) is 4.66. The molecule has 1 unspecified atom stereocenters.